The van der Waals surface area contributed by atoms with E-state index in [1.54, 1.807) is 17.7 Å². The van der Waals surface area contributed by atoms with Crippen LogP contribution in [0.3, 0.4) is 0 Å². The average Bonchev–Trinajstić information content (AvgIpc) is 3.16. The molecule has 1 fully saturated rings. The van der Waals surface area contributed by atoms with E-state index in [0.29, 0.717) is 17.9 Å². The van der Waals surface area contributed by atoms with E-state index < -0.39 is 0 Å². The molecule has 1 saturated carbocycles. The fraction of sp³-hybridized carbons (Fsp3) is 0.500. The number of pyridine rings is 1. The van der Waals surface area contributed by atoms with Crippen LogP contribution in [0.15, 0.2) is 35.8 Å². The lowest BCUT2D eigenvalue weighted by Gasteiger charge is -2.46. The van der Waals surface area contributed by atoms with Crippen LogP contribution in [0, 0.1) is 11.3 Å². The molecule has 2 atom stereocenters. The van der Waals surface area contributed by atoms with Crippen LogP contribution in [0.25, 0.3) is 15.8 Å². The number of rotatable bonds is 5. The molecule has 0 saturated heterocycles. The Morgan fingerprint density at radius 3 is 2.74 bits per heavy atom. The molecule has 6 nitrogen and oxygen atoms in total. The van der Waals surface area contributed by atoms with Gasteiger partial charge in [0.1, 0.15) is 22.5 Å². The number of nitrogens with zero attached hydrogens (tertiary/aromatic N) is 4. The van der Waals surface area contributed by atoms with Gasteiger partial charge in [-0.05, 0) is 55.8 Å². The predicted octanol–water partition coefficient (Wildman–Crippen LogP) is 3.63. The Morgan fingerprint density at radius 2 is 2.00 bits per heavy atom. The average molecular weight is 435 g/mol. The molecule has 162 valence electrons. The van der Waals surface area contributed by atoms with E-state index in [9.17, 15) is 0 Å². The Bertz CT molecular complexity index is 1230. The van der Waals surface area contributed by atoms with E-state index in [2.05, 4.69) is 48.4 Å². The Morgan fingerprint density at radius 1 is 1.19 bits per heavy atom. The zero-order chi connectivity index (χ0) is 21.6. The second-order valence-corrected chi connectivity index (χ2v) is 10.5. The standard InChI is InChI=1S/C24H30N6S/c1-5-24(25-4)17-6-9-23(2,3)12-16(17)18-19-20(31-22(18)30-24)21(29-14-28-19)27-13-15-7-10-26-11-8-15/h7-8,10-11,14,17,25H,5-6,9,12-13H2,1-4H3,(H,27,28,29). The van der Waals surface area contributed by atoms with E-state index in [-0.39, 0.29) is 5.66 Å². The normalized spacial score (nSPS) is 24.4. The SMILES string of the molecule is CCC1(NC)N=c2sc3c(NCc4ccncc4)ncnc3c2=C2CC(C)(C)CCC21. The van der Waals surface area contributed by atoms with Crippen LogP contribution < -0.4 is 20.5 Å². The molecule has 0 radical (unpaired) electrons. The van der Waals surface area contributed by atoms with E-state index in [1.165, 1.54) is 22.8 Å². The monoisotopic (exact) mass is 434 g/mol. The van der Waals surface area contributed by atoms with Crippen molar-refractivity contribution in [1.29, 1.82) is 0 Å². The van der Waals surface area contributed by atoms with Crippen LogP contribution in [0.5, 0.6) is 0 Å². The summed E-state index contributed by atoms with van der Waals surface area (Å²) in [5.41, 5.74) is 3.84. The van der Waals surface area contributed by atoms with Crippen molar-refractivity contribution >= 4 is 32.9 Å². The minimum atomic E-state index is -0.224. The van der Waals surface area contributed by atoms with E-state index in [0.717, 1.165) is 40.0 Å². The van der Waals surface area contributed by atoms with Gasteiger partial charge in [-0.3, -0.25) is 15.3 Å². The summed E-state index contributed by atoms with van der Waals surface area (Å²) in [6.07, 6.45) is 9.79. The van der Waals surface area contributed by atoms with Crippen molar-refractivity contribution in [2.24, 2.45) is 16.3 Å². The van der Waals surface area contributed by atoms with Crippen molar-refractivity contribution in [3.05, 3.63) is 46.3 Å². The van der Waals surface area contributed by atoms with Gasteiger partial charge in [0.25, 0.3) is 0 Å². The molecule has 2 N–H and O–H groups in total. The molecule has 4 heterocycles. The third-order valence-electron chi connectivity index (χ3n) is 7.03. The van der Waals surface area contributed by atoms with Gasteiger partial charge < -0.3 is 5.32 Å². The Hall–Kier alpha value is -2.38. The third-order valence-corrected chi connectivity index (χ3v) is 8.11. The molecule has 1 aliphatic heterocycles. The lowest BCUT2D eigenvalue weighted by Crippen LogP contribution is -2.55. The highest BCUT2D eigenvalue weighted by Gasteiger charge is 2.45. The Kier molecular flexibility index (Phi) is 5.06. The molecule has 0 spiro atoms. The first-order valence-electron chi connectivity index (χ1n) is 11.1. The van der Waals surface area contributed by atoms with Crippen molar-refractivity contribution in [2.75, 3.05) is 12.4 Å². The summed E-state index contributed by atoms with van der Waals surface area (Å²) in [5.74, 6) is 1.30. The molecule has 3 aromatic heterocycles. The van der Waals surface area contributed by atoms with Crippen LogP contribution in [0.4, 0.5) is 5.82 Å². The summed E-state index contributed by atoms with van der Waals surface area (Å²) < 4.78 is 2.20. The molecule has 31 heavy (non-hydrogen) atoms. The van der Waals surface area contributed by atoms with E-state index >= 15 is 0 Å². The first-order chi connectivity index (χ1) is 15.0. The Labute approximate surface area is 187 Å². The molecular weight excluding hydrogens is 404 g/mol. The van der Waals surface area contributed by atoms with Crippen molar-refractivity contribution in [2.45, 2.75) is 58.7 Å². The maximum Gasteiger partial charge on any atom is 0.147 e. The molecule has 5 rings (SSSR count). The van der Waals surface area contributed by atoms with E-state index in [4.69, 9.17) is 9.98 Å². The number of aromatic nitrogens is 3. The number of fused-ring (bicyclic) bond motifs is 4. The van der Waals surface area contributed by atoms with Crippen molar-refractivity contribution < 1.29 is 0 Å². The lowest BCUT2D eigenvalue weighted by atomic mass is 9.65. The van der Waals surface area contributed by atoms with Crippen LogP contribution in [0.2, 0.25) is 0 Å². The van der Waals surface area contributed by atoms with Crippen LogP contribution in [-0.2, 0) is 6.54 Å². The molecule has 7 heteroatoms. The van der Waals surface area contributed by atoms with Gasteiger partial charge in [-0.25, -0.2) is 9.97 Å². The van der Waals surface area contributed by atoms with Gasteiger partial charge in [0.15, 0.2) is 0 Å². The number of anilines is 1. The fourth-order valence-electron chi connectivity index (χ4n) is 5.30. The van der Waals surface area contributed by atoms with Crippen molar-refractivity contribution in [1.82, 2.24) is 20.3 Å². The third kappa shape index (κ3) is 3.44. The maximum atomic E-state index is 5.33. The van der Waals surface area contributed by atoms with Gasteiger partial charge in [-0.15, -0.1) is 11.3 Å². The summed E-state index contributed by atoms with van der Waals surface area (Å²) in [4.78, 5) is 18.8. The van der Waals surface area contributed by atoms with Gasteiger partial charge >= 0.3 is 0 Å². The van der Waals surface area contributed by atoms with Crippen LogP contribution >= 0.6 is 11.3 Å². The summed E-state index contributed by atoms with van der Waals surface area (Å²) >= 11 is 1.72. The minimum Gasteiger partial charge on any atom is -0.365 e. The number of thiophene rings is 1. The van der Waals surface area contributed by atoms with E-state index in [1.807, 2.05) is 24.5 Å². The zero-order valence-corrected chi connectivity index (χ0v) is 19.5. The predicted molar refractivity (Wildman–Crippen MR) is 126 cm³/mol. The van der Waals surface area contributed by atoms with Gasteiger partial charge in [-0.2, -0.15) is 0 Å². The topological polar surface area (TPSA) is 75.1 Å². The summed E-state index contributed by atoms with van der Waals surface area (Å²) in [6.45, 7) is 7.73. The summed E-state index contributed by atoms with van der Waals surface area (Å²) in [7, 11) is 2.06. The lowest BCUT2D eigenvalue weighted by molar-refractivity contribution is 0.181. The molecule has 2 unspecified atom stereocenters. The highest BCUT2D eigenvalue weighted by Crippen LogP contribution is 2.48. The highest BCUT2D eigenvalue weighted by atomic mass is 32.1. The van der Waals surface area contributed by atoms with Gasteiger partial charge in [0.2, 0.25) is 0 Å². The zero-order valence-electron chi connectivity index (χ0n) is 18.7. The van der Waals surface area contributed by atoms with Crippen LogP contribution in [-0.4, -0.2) is 27.7 Å². The maximum absolute atomic E-state index is 5.33. The summed E-state index contributed by atoms with van der Waals surface area (Å²) in [6, 6.07) is 4.04. The molecule has 0 amide bonds. The number of hydrogen-bond donors (Lipinski definition) is 2. The molecule has 0 aromatic carbocycles. The number of hydrogen-bond acceptors (Lipinski definition) is 7. The largest absolute Gasteiger partial charge is 0.365 e. The van der Waals surface area contributed by atoms with Crippen molar-refractivity contribution in [3.8, 4) is 0 Å². The smallest absolute Gasteiger partial charge is 0.147 e. The molecule has 0 bridgehead atoms. The quantitative estimate of drug-likeness (QED) is 0.641. The minimum absolute atomic E-state index is 0.224. The fourth-order valence-corrected chi connectivity index (χ4v) is 6.50. The highest BCUT2D eigenvalue weighted by molar-refractivity contribution is 7.17. The van der Waals surface area contributed by atoms with Crippen LogP contribution in [0.1, 0.15) is 52.0 Å². The molecule has 1 aliphatic carbocycles. The first kappa shape index (κ1) is 20.5. The van der Waals surface area contributed by atoms with Crippen molar-refractivity contribution in [3.63, 3.8) is 0 Å². The number of nitrogens with one attached hydrogen (secondary N) is 2. The van der Waals surface area contributed by atoms with Gasteiger partial charge in [0, 0.05) is 30.1 Å². The molecule has 2 aliphatic rings. The molecule has 3 aromatic rings. The first-order valence-corrected chi connectivity index (χ1v) is 12.0. The molecular formula is C24H30N6S. The van der Waals surface area contributed by atoms with Gasteiger partial charge in [0.05, 0.1) is 10.2 Å². The Balaban J connectivity index is 1.69. The second kappa shape index (κ2) is 7.64. The second-order valence-electron chi connectivity index (χ2n) is 9.49. The summed E-state index contributed by atoms with van der Waals surface area (Å²) in [5, 5.41) is 8.39. The van der Waals surface area contributed by atoms with Gasteiger partial charge in [-0.1, -0.05) is 26.3 Å².